The van der Waals surface area contributed by atoms with Gasteiger partial charge >= 0.3 is 0 Å². The van der Waals surface area contributed by atoms with Crippen molar-refractivity contribution in [1.29, 1.82) is 0 Å². The van der Waals surface area contributed by atoms with Crippen LogP contribution in [-0.2, 0) is 13.6 Å². The molecular weight excluding hydrogens is 236 g/mol. The summed E-state index contributed by atoms with van der Waals surface area (Å²) in [5, 5.41) is 9.78. The maximum absolute atomic E-state index is 5.17. The fourth-order valence-electron chi connectivity index (χ4n) is 1.58. The van der Waals surface area contributed by atoms with Gasteiger partial charge in [0.2, 0.25) is 5.88 Å². The molecular formula is C11H16N4OS. The Labute approximate surface area is 104 Å². The van der Waals surface area contributed by atoms with E-state index in [2.05, 4.69) is 27.7 Å². The summed E-state index contributed by atoms with van der Waals surface area (Å²) >= 11 is 1.61. The van der Waals surface area contributed by atoms with E-state index in [0.29, 0.717) is 6.54 Å². The van der Waals surface area contributed by atoms with Crippen molar-refractivity contribution in [1.82, 2.24) is 20.1 Å². The molecule has 5 nitrogen and oxygen atoms in total. The fourth-order valence-corrected chi connectivity index (χ4v) is 2.23. The van der Waals surface area contributed by atoms with Gasteiger partial charge in [-0.05, 0) is 6.92 Å². The Bertz CT molecular complexity index is 466. The molecule has 1 unspecified atom stereocenters. The van der Waals surface area contributed by atoms with E-state index >= 15 is 0 Å². The second kappa shape index (κ2) is 5.29. The van der Waals surface area contributed by atoms with E-state index in [1.165, 1.54) is 0 Å². The van der Waals surface area contributed by atoms with Gasteiger partial charge in [0, 0.05) is 31.1 Å². The van der Waals surface area contributed by atoms with Crippen LogP contribution < -0.4 is 10.1 Å². The van der Waals surface area contributed by atoms with Crippen LogP contribution in [0.15, 0.2) is 17.0 Å². The number of ether oxygens (including phenoxy) is 1. The van der Waals surface area contributed by atoms with Gasteiger partial charge in [-0.2, -0.15) is 5.10 Å². The van der Waals surface area contributed by atoms with Crippen LogP contribution in [0.2, 0.25) is 0 Å². The summed E-state index contributed by atoms with van der Waals surface area (Å²) in [6, 6.07) is 2.16. The van der Waals surface area contributed by atoms with E-state index in [4.69, 9.17) is 4.74 Å². The molecule has 0 aliphatic carbocycles. The first-order valence-electron chi connectivity index (χ1n) is 5.39. The van der Waals surface area contributed by atoms with Gasteiger partial charge in [-0.15, -0.1) is 11.3 Å². The topological polar surface area (TPSA) is 52.0 Å². The largest absolute Gasteiger partial charge is 0.481 e. The molecule has 0 bridgehead atoms. The Morgan fingerprint density at radius 3 is 3.00 bits per heavy atom. The van der Waals surface area contributed by atoms with Crippen LogP contribution in [0.1, 0.15) is 24.4 Å². The van der Waals surface area contributed by atoms with Crippen molar-refractivity contribution in [2.75, 3.05) is 7.11 Å². The number of nitrogens with zero attached hydrogens (tertiary/aromatic N) is 3. The van der Waals surface area contributed by atoms with Gasteiger partial charge in [0.05, 0.1) is 24.0 Å². The molecule has 2 heterocycles. The molecule has 0 amide bonds. The van der Waals surface area contributed by atoms with Gasteiger partial charge < -0.3 is 10.1 Å². The molecule has 0 aliphatic rings. The Hall–Kier alpha value is -1.40. The van der Waals surface area contributed by atoms with Gasteiger partial charge in [-0.25, -0.2) is 9.67 Å². The lowest BCUT2D eigenvalue weighted by Crippen LogP contribution is -2.18. The van der Waals surface area contributed by atoms with E-state index in [9.17, 15) is 0 Å². The van der Waals surface area contributed by atoms with Crippen molar-refractivity contribution >= 4 is 11.3 Å². The number of thiazole rings is 1. The zero-order valence-electron chi connectivity index (χ0n) is 10.2. The minimum Gasteiger partial charge on any atom is -0.481 e. The Morgan fingerprint density at radius 2 is 2.41 bits per heavy atom. The molecule has 0 aliphatic heterocycles. The van der Waals surface area contributed by atoms with Crippen molar-refractivity contribution in [3.8, 4) is 5.88 Å². The minimum atomic E-state index is 0.231. The molecule has 2 rings (SSSR count). The predicted octanol–water partition coefficient (Wildman–Crippen LogP) is 1.74. The molecule has 92 valence electrons. The quantitative estimate of drug-likeness (QED) is 0.880. The summed E-state index contributed by atoms with van der Waals surface area (Å²) < 4.78 is 6.89. The average molecular weight is 252 g/mol. The van der Waals surface area contributed by atoms with Gasteiger partial charge in [0.15, 0.2) is 0 Å². The van der Waals surface area contributed by atoms with Gasteiger partial charge in [0.1, 0.15) is 0 Å². The van der Waals surface area contributed by atoms with E-state index < -0.39 is 0 Å². The van der Waals surface area contributed by atoms with Crippen molar-refractivity contribution < 1.29 is 4.74 Å². The zero-order chi connectivity index (χ0) is 12.3. The van der Waals surface area contributed by atoms with Gasteiger partial charge in [0.25, 0.3) is 0 Å². The molecule has 0 aromatic carbocycles. The molecule has 0 spiro atoms. The molecule has 2 aromatic rings. The second-order valence-corrected chi connectivity index (χ2v) is 4.54. The Morgan fingerprint density at radius 1 is 1.59 bits per heavy atom. The summed E-state index contributed by atoms with van der Waals surface area (Å²) in [5.41, 5.74) is 3.88. The summed E-state index contributed by atoms with van der Waals surface area (Å²) in [4.78, 5) is 4.27. The number of rotatable bonds is 5. The van der Waals surface area contributed by atoms with Crippen LogP contribution in [-0.4, -0.2) is 21.9 Å². The van der Waals surface area contributed by atoms with Crippen LogP contribution in [0, 0.1) is 0 Å². The minimum absolute atomic E-state index is 0.231. The van der Waals surface area contributed by atoms with Crippen LogP contribution in [0.5, 0.6) is 5.88 Å². The third-order valence-electron chi connectivity index (χ3n) is 2.58. The lowest BCUT2D eigenvalue weighted by molar-refractivity contribution is 0.373. The van der Waals surface area contributed by atoms with E-state index in [1.807, 2.05) is 18.6 Å². The molecule has 0 saturated carbocycles. The number of aromatic nitrogens is 3. The number of nitrogens with one attached hydrogen (secondary N) is 1. The molecule has 0 saturated heterocycles. The van der Waals surface area contributed by atoms with E-state index in [-0.39, 0.29) is 6.04 Å². The van der Waals surface area contributed by atoms with Crippen molar-refractivity contribution in [2.24, 2.45) is 7.05 Å². The zero-order valence-corrected chi connectivity index (χ0v) is 11.0. The number of hydrogen-bond donors (Lipinski definition) is 1. The Kier molecular flexibility index (Phi) is 3.75. The number of hydrogen-bond acceptors (Lipinski definition) is 5. The van der Waals surface area contributed by atoms with Gasteiger partial charge in [-0.3, -0.25) is 0 Å². The van der Waals surface area contributed by atoms with Crippen LogP contribution in [0.4, 0.5) is 0 Å². The summed E-state index contributed by atoms with van der Waals surface area (Å²) in [5.74, 6) is 0.767. The molecule has 1 atom stereocenters. The third-order valence-corrected chi connectivity index (χ3v) is 3.19. The highest BCUT2D eigenvalue weighted by Gasteiger charge is 2.09. The normalized spacial score (nSPS) is 12.6. The molecule has 0 fully saturated rings. The van der Waals surface area contributed by atoms with Crippen LogP contribution >= 0.6 is 11.3 Å². The summed E-state index contributed by atoms with van der Waals surface area (Å²) in [6.07, 6.45) is 0. The first kappa shape index (κ1) is 12.1. The van der Waals surface area contributed by atoms with Crippen LogP contribution in [0.25, 0.3) is 0 Å². The summed E-state index contributed by atoms with van der Waals surface area (Å²) in [7, 11) is 3.51. The van der Waals surface area contributed by atoms with Crippen LogP contribution in [0.3, 0.4) is 0 Å². The maximum Gasteiger partial charge on any atom is 0.211 e. The van der Waals surface area contributed by atoms with Gasteiger partial charge in [-0.1, -0.05) is 0 Å². The molecule has 2 aromatic heterocycles. The molecule has 17 heavy (non-hydrogen) atoms. The lowest BCUT2D eigenvalue weighted by atomic mass is 10.2. The van der Waals surface area contributed by atoms with Crippen molar-refractivity contribution in [2.45, 2.75) is 19.5 Å². The molecule has 6 heteroatoms. The average Bonchev–Trinajstić information content (AvgIpc) is 2.95. The van der Waals surface area contributed by atoms with Crippen molar-refractivity contribution in [3.63, 3.8) is 0 Å². The number of methoxy groups -OCH3 is 1. The first-order chi connectivity index (χ1) is 8.20. The van der Waals surface area contributed by atoms with E-state index in [0.717, 1.165) is 17.3 Å². The molecule has 1 N–H and O–H groups in total. The first-order valence-corrected chi connectivity index (χ1v) is 6.33. The predicted molar refractivity (Wildman–Crippen MR) is 67.1 cm³/mol. The highest BCUT2D eigenvalue weighted by molar-refractivity contribution is 7.07. The Balaban J connectivity index is 1.93. The number of aryl methyl sites for hydroxylation is 1. The highest BCUT2D eigenvalue weighted by atomic mass is 32.1. The van der Waals surface area contributed by atoms with E-state index in [1.54, 1.807) is 23.1 Å². The smallest absolute Gasteiger partial charge is 0.211 e. The summed E-state index contributed by atoms with van der Waals surface area (Å²) in [6.45, 7) is 2.80. The highest BCUT2D eigenvalue weighted by Crippen LogP contribution is 2.14. The SMILES string of the molecule is COc1cc(CNC(C)c2cscn2)nn1C. The third kappa shape index (κ3) is 2.83. The second-order valence-electron chi connectivity index (χ2n) is 3.82. The maximum atomic E-state index is 5.17. The monoisotopic (exact) mass is 252 g/mol. The lowest BCUT2D eigenvalue weighted by Gasteiger charge is -2.09. The van der Waals surface area contributed by atoms with Crippen molar-refractivity contribution in [3.05, 3.63) is 28.3 Å². The molecule has 0 radical (unpaired) electrons. The standard InChI is InChI=1S/C11H16N4OS/c1-8(10-6-17-7-13-10)12-5-9-4-11(16-3)15(2)14-9/h4,6-8,12H,5H2,1-3H3. The fraction of sp³-hybridized carbons (Fsp3) is 0.455.